The number of carbonyl (C=O) groups is 2. The highest BCUT2D eigenvalue weighted by Gasteiger charge is 2.57. The van der Waals surface area contributed by atoms with Gasteiger partial charge in [-0.05, 0) is 6.92 Å². The molecule has 0 aliphatic carbocycles. The van der Waals surface area contributed by atoms with Crippen LogP contribution in [-0.2, 0) is 23.8 Å². The Bertz CT molecular complexity index is 1210. The van der Waals surface area contributed by atoms with Gasteiger partial charge in [-0.15, -0.1) is 0 Å². The Morgan fingerprint density at radius 2 is 2.06 bits per heavy atom. The minimum absolute atomic E-state index is 0.0902. The topological polar surface area (TPSA) is 167 Å². The minimum atomic E-state index is -1.73. The monoisotopic (exact) mass is 459 g/mol. The fourth-order valence-electron chi connectivity index (χ4n) is 4.01. The fourth-order valence-corrected chi connectivity index (χ4v) is 4.01. The van der Waals surface area contributed by atoms with Gasteiger partial charge in [0, 0.05) is 36.2 Å². The molecule has 12 heteroatoms. The van der Waals surface area contributed by atoms with Crippen molar-refractivity contribution in [1.82, 2.24) is 9.55 Å². The van der Waals surface area contributed by atoms with Crippen molar-refractivity contribution in [1.29, 1.82) is 0 Å². The Labute approximate surface area is 188 Å². The third kappa shape index (κ3) is 3.91. The minimum Gasteiger partial charge on any atom is -0.463 e. The van der Waals surface area contributed by atoms with E-state index >= 15 is 0 Å². The summed E-state index contributed by atoms with van der Waals surface area (Å²) in [4.78, 5) is 44.1. The molecule has 2 aromatic heterocycles. The summed E-state index contributed by atoms with van der Waals surface area (Å²) >= 11 is 0. The predicted octanol–water partition coefficient (Wildman–Crippen LogP) is 0.987. The molecule has 2 aromatic rings. The molecule has 0 bridgehead atoms. The molecule has 0 spiro atoms. The highest BCUT2D eigenvalue weighted by molar-refractivity contribution is 6.10. The first-order chi connectivity index (χ1) is 15.7. The van der Waals surface area contributed by atoms with Gasteiger partial charge < -0.3 is 34.9 Å². The number of aliphatic imine (C=N–C) groups is 1. The highest BCUT2D eigenvalue weighted by Crippen LogP contribution is 2.46. The predicted molar refractivity (Wildman–Crippen MR) is 118 cm³/mol. The molecule has 0 aromatic carbocycles. The molecule has 2 aliphatic heterocycles. The number of hydrogen-bond acceptors (Lipinski definition) is 11. The van der Waals surface area contributed by atoms with E-state index in [1.807, 2.05) is 0 Å². The molecule has 0 saturated carbocycles. The van der Waals surface area contributed by atoms with E-state index in [1.54, 1.807) is 24.6 Å². The lowest BCUT2D eigenvalue weighted by molar-refractivity contribution is -0.165. The Morgan fingerprint density at radius 1 is 1.33 bits per heavy atom. The van der Waals surface area contributed by atoms with Crippen LogP contribution < -0.4 is 16.6 Å². The number of esters is 2. The van der Waals surface area contributed by atoms with Gasteiger partial charge >= 0.3 is 11.9 Å². The van der Waals surface area contributed by atoms with Gasteiger partial charge in [0.15, 0.2) is 12.3 Å². The Hall–Kier alpha value is -3.51. The molecule has 1 saturated heterocycles. The summed E-state index contributed by atoms with van der Waals surface area (Å²) in [6, 6.07) is 1.19. The number of carbonyl (C=O) groups excluding carboxylic acids is 2. The van der Waals surface area contributed by atoms with Crippen molar-refractivity contribution in [2.45, 2.75) is 57.6 Å². The maximum absolute atomic E-state index is 12.1. The summed E-state index contributed by atoms with van der Waals surface area (Å²) in [7, 11) is 0. The number of nitrogen functional groups attached to an aromatic ring is 1. The molecule has 12 nitrogen and oxygen atoms in total. The summed E-state index contributed by atoms with van der Waals surface area (Å²) in [6.45, 7) is 4.53. The molecular formula is C21H25N5O7. The standard InChI is InChI=1S/C21H25N5O7/c1-4-14(28)31-8-12-17(33-15(29)5-2)21(3,30)20(32-12)26-7-10-11(22)6-13(27)25-18-16(10)19(26)24-9-23-18/h6-7,9,12,17,20,30H,4-5,8,22H2,1-3H3,(H,23,24,25,27)/t12-,17-,20-,21+/m1/s1. The fraction of sp³-hybridized carbons (Fsp3) is 0.476. The van der Waals surface area contributed by atoms with Gasteiger partial charge in [0.2, 0.25) is 0 Å². The lowest BCUT2D eigenvalue weighted by Crippen LogP contribution is -2.47. The van der Waals surface area contributed by atoms with E-state index in [2.05, 4.69) is 15.3 Å². The van der Waals surface area contributed by atoms with Gasteiger partial charge in [0.25, 0.3) is 5.56 Å². The number of anilines is 2. The number of aliphatic hydroxyl groups is 1. The van der Waals surface area contributed by atoms with E-state index < -0.39 is 41.5 Å². The van der Waals surface area contributed by atoms with Crippen molar-refractivity contribution >= 4 is 46.4 Å². The number of hydrogen-bond donors (Lipinski definition) is 3. The molecule has 2 aliphatic rings. The number of nitrogens with zero attached hydrogens (tertiary/aromatic N) is 3. The maximum Gasteiger partial charge on any atom is 0.305 e. The number of aromatic nitrogens is 2. The van der Waals surface area contributed by atoms with Crippen molar-refractivity contribution < 1.29 is 28.9 Å². The van der Waals surface area contributed by atoms with Gasteiger partial charge in [0.1, 0.15) is 29.9 Å². The Kier molecular flexibility index (Phi) is 5.80. The molecule has 1 fully saturated rings. The molecule has 0 unspecified atom stereocenters. The maximum atomic E-state index is 12.1. The molecule has 33 heavy (non-hydrogen) atoms. The van der Waals surface area contributed by atoms with Crippen LogP contribution in [0.1, 0.15) is 39.8 Å². The van der Waals surface area contributed by atoms with Crippen molar-refractivity contribution in [2.75, 3.05) is 17.7 Å². The summed E-state index contributed by atoms with van der Waals surface area (Å²) < 4.78 is 18.3. The molecule has 0 amide bonds. The van der Waals surface area contributed by atoms with Crippen LogP contribution in [0.2, 0.25) is 0 Å². The van der Waals surface area contributed by atoms with E-state index in [0.717, 1.165) is 0 Å². The number of nitrogens with two attached hydrogens (primary N) is 1. The zero-order valence-corrected chi connectivity index (χ0v) is 18.4. The van der Waals surface area contributed by atoms with Crippen LogP contribution in [0.4, 0.5) is 17.3 Å². The average molecular weight is 459 g/mol. The number of ether oxygens (including phenoxy) is 3. The Balaban J connectivity index is 1.81. The van der Waals surface area contributed by atoms with Crippen molar-refractivity contribution in [2.24, 2.45) is 4.99 Å². The second-order valence-corrected chi connectivity index (χ2v) is 8.00. The third-order valence-electron chi connectivity index (χ3n) is 5.66. The van der Waals surface area contributed by atoms with Crippen molar-refractivity contribution in [3.8, 4) is 0 Å². The molecule has 4 N–H and O–H groups in total. The van der Waals surface area contributed by atoms with Crippen LogP contribution in [0.5, 0.6) is 0 Å². The van der Waals surface area contributed by atoms with Crippen molar-refractivity contribution in [3.05, 3.63) is 22.6 Å². The molecule has 4 heterocycles. The van der Waals surface area contributed by atoms with Crippen LogP contribution in [0.3, 0.4) is 0 Å². The van der Waals surface area contributed by atoms with E-state index in [0.29, 0.717) is 16.6 Å². The smallest absolute Gasteiger partial charge is 0.305 e. The van der Waals surface area contributed by atoms with Gasteiger partial charge in [-0.3, -0.25) is 14.4 Å². The summed E-state index contributed by atoms with van der Waals surface area (Å²) in [5, 5.41) is 15.2. The zero-order chi connectivity index (χ0) is 23.9. The summed E-state index contributed by atoms with van der Waals surface area (Å²) in [5.41, 5.74) is 4.03. The Morgan fingerprint density at radius 3 is 2.76 bits per heavy atom. The normalized spacial score (nSPS) is 25.6. The quantitative estimate of drug-likeness (QED) is 0.530. The zero-order valence-electron chi connectivity index (χ0n) is 18.4. The molecule has 0 radical (unpaired) electrons. The van der Waals surface area contributed by atoms with Crippen LogP contribution >= 0.6 is 0 Å². The van der Waals surface area contributed by atoms with Crippen LogP contribution in [0, 0.1) is 0 Å². The van der Waals surface area contributed by atoms with Gasteiger partial charge in [-0.2, -0.15) is 4.98 Å². The van der Waals surface area contributed by atoms with E-state index in [4.69, 9.17) is 19.9 Å². The van der Waals surface area contributed by atoms with E-state index in [1.165, 1.54) is 19.3 Å². The first kappa shape index (κ1) is 22.7. The van der Waals surface area contributed by atoms with Gasteiger partial charge in [-0.1, -0.05) is 13.8 Å². The van der Waals surface area contributed by atoms with Gasteiger partial charge in [-0.25, -0.2) is 4.99 Å². The first-order valence-corrected chi connectivity index (χ1v) is 10.5. The van der Waals surface area contributed by atoms with Crippen LogP contribution in [-0.4, -0.2) is 57.4 Å². The van der Waals surface area contributed by atoms with Crippen LogP contribution in [0.15, 0.2) is 22.1 Å². The SMILES string of the molecule is CCC(=O)OC[C@H]1O[C@@H](n2cc3c(N)cc(=O)nc4c3c2N=CN4)[C@@](C)(O)[C@@H]1OC(=O)CC. The van der Waals surface area contributed by atoms with Gasteiger partial charge in [0.05, 0.1) is 11.7 Å². The second-order valence-electron chi connectivity index (χ2n) is 8.00. The van der Waals surface area contributed by atoms with E-state index in [9.17, 15) is 19.5 Å². The molecule has 176 valence electrons. The molecule has 4 atom stereocenters. The first-order valence-electron chi connectivity index (χ1n) is 10.5. The van der Waals surface area contributed by atoms with E-state index in [-0.39, 0.29) is 31.0 Å². The third-order valence-corrected chi connectivity index (χ3v) is 5.66. The molecule has 4 rings (SSSR count). The number of rotatable bonds is 6. The second kappa shape index (κ2) is 8.45. The highest BCUT2D eigenvalue weighted by atomic mass is 16.6. The summed E-state index contributed by atoms with van der Waals surface area (Å²) in [6.07, 6.45) is 0.0597. The molecular weight excluding hydrogens is 434 g/mol. The number of nitrogens with one attached hydrogen (secondary N) is 1. The largest absolute Gasteiger partial charge is 0.463 e. The van der Waals surface area contributed by atoms with Crippen LogP contribution in [0.25, 0.3) is 10.8 Å². The lowest BCUT2D eigenvalue weighted by Gasteiger charge is -2.30. The average Bonchev–Trinajstić information content (AvgIpc) is 3.23. The van der Waals surface area contributed by atoms with Crippen molar-refractivity contribution in [3.63, 3.8) is 0 Å². The summed E-state index contributed by atoms with van der Waals surface area (Å²) in [5.74, 6) is -0.395. The lowest BCUT2D eigenvalue weighted by atomic mass is 9.96.